The van der Waals surface area contributed by atoms with E-state index in [1.807, 2.05) is 38.1 Å². The van der Waals surface area contributed by atoms with E-state index in [4.69, 9.17) is 9.47 Å². The molecule has 0 saturated heterocycles. The third-order valence-corrected chi connectivity index (χ3v) is 5.34. The first-order valence-electron chi connectivity index (χ1n) is 10.5. The van der Waals surface area contributed by atoms with E-state index in [2.05, 4.69) is 10.3 Å². The van der Waals surface area contributed by atoms with E-state index < -0.39 is 0 Å². The van der Waals surface area contributed by atoms with Crippen LogP contribution in [0.4, 0.5) is 5.82 Å². The molecule has 7 heteroatoms. The molecule has 0 fully saturated rings. The molecule has 1 aliphatic heterocycles. The fraction of sp³-hybridized carbons (Fsp3) is 0.375. The standard InChI is InChI=1S/C24H29N3O4/c1-5-13-31-23-19(7-6-8-20(23)30-4)16(2)27(3)22(29)12-9-17-14-18-10-11-21(28)26-24(18)25-15-17/h6-9,12,14-16H,5,10-11,13H2,1-4H3,(H,25,26,28)/t16-/m1/s1. The minimum Gasteiger partial charge on any atom is -0.493 e. The Bertz CT molecular complexity index is 987. The largest absolute Gasteiger partial charge is 0.493 e. The van der Waals surface area contributed by atoms with E-state index in [0.29, 0.717) is 36.8 Å². The number of aryl methyl sites for hydroxylation is 1. The maximum absolute atomic E-state index is 12.8. The van der Waals surface area contributed by atoms with E-state index >= 15 is 0 Å². The molecule has 2 amide bonds. The summed E-state index contributed by atoms with van der Waals surface area (Å²) in [4.78, 5) is 30.3. The molecule has 0 aliphatic carbocycles. The molecule has 1 N–H and O–H groups in total. The Balaban J connectivity index is 1.75. The van der Waals surface area contributed by atoms with Gasteiger partial charge in [-0.2, -0.15) is 0 Å². The van der Waals surface area contributed by atoms with Gasteiger partial charge in [-0.15, -0.1) is 0 Å². The van der Waals surface area contributed by atoms with Crippen molar-refractivity contribution in [1.82, 2.24) is 9.88 Å². The van der Waals surface area contributed by atoms with Crippen molar-refractivity contribution in [1.29, 1.82) is 0 Å². The second-order valence-corrected chi connectivity index (χ2v) is 7.51. The van der Waals surface area contributed by atoms with Crippen molar-refractivity contribution in [2.75, 3.05) is 26.1 Å². The Morgan fingerprint density at radius 1 is 1.35 bits per heavy atom. The van der Waals surface area contributed by atoms with Crippen LogP contribution in [0.1, 0.15) is 49.4 Å². The number of aromatic nitrogens is 1. The highest BCUT2D eigenvalue weighted by Crippen LogP contribution is 2.37. The van der Waals surface area contributed by atoms with Crippen LogP contribution in [0.25, 0.3) is 6.08 Å². The molecule has 0 saturated carbocycles. The zero-order valence-electron chi connectivity index (χ0n) is 18.5. The average Bonchev–Trinajstić information content (AvgIpc) is 2.79. The molecule has 2 aromatic rings. The van der Waals surface area contributed by atoms with E-state index in [1.165, 1.54) is 6.08 Å². The summed E-state index contributed by atoms with van der Waals surface area (Å²) >= 11 is 0. The van der Waals surface area contributed by atoms with Gasteiger partial charge in [-0.05, 0) is 49.1 Å². The number of para-hydroxylation sites is 1. The number of hydrogen-bond donors (Lipinski definition) is 1. The maximum Gasteiger partial charge on any atom is 0.246 e. The lowest BCUT2D eigenvalue weighted by Crippen LogP contribution is -2.28. The number of hydrogen-bond acceptors (Lipinski definition) is 5. The lowest BCUT2D eigenvalue weighted by Gasteiger charge is -2.26. The SMILES string of the molecule is CCCOc1c(OC)cccc1[C@@H](C)N(C)C(=O)C=Cc1cnc2c(c1)CCC(=O)N2. The number of nitrogens with zero attached hydrogens (tertiary/aromatic N) is 2. The Morgan fingerprint density at radius 2 is 2.16 bits per heavy atom. The van der Waals surface area contributed by atoms with E-state index in [1.54, 1.807) is 31.3 Å². The number of carbonyl (C=O) groups excluding carboxylic acids is 2. The van der Waals surface area contributed by atoms with Crippen LogP contribution in [0, 0.1) is 0 Å². The number of benzene rings is 1. The smallest absolute Gasteiger partial charge is 0.246 e. The van der Waals surface area contributed by atoms with Gasteiger partial charge in [0.15, 0.2) is 11.5 Å². The number of anilines is 1. The fourth-order valence-electron chi connectivity index (χ4n) is 3.43. The summed E-state index contributed by atoms with van der Waals surface area (Å²) in [5, 5.41) is 2.76. The van der Waals surface area contributed by atoms with Crippen LogP contribution >= 0.6 is 0 Å². The van der Waals surface area contributed by atoms with Gasteiger partial charge >= 0.3 is 0 Å². The van der Waals surface area contributed by atoms with E-state index in [9.17, 15) is 9.59 Å². The predicted octanol–water partition coefficient (Wildman–Crippen LogP) is 4.00. The van der Waals surface area contributed by atoms with Gasteiger partial charge in [0.25, 0.3) is 0 Å². The second kappa shape index (κ2) is 10.1. The molecule has 1 aromatic heterocycles. The van der Waals surface area contributed by atoms with Crippen molar-refractivity contribution in [3.8, 4) is 11.5 Å². The first-order chi connectivity index (χ1) is 14.9. The highest BCUT2D eigenvalue weighted by Gasteiger charge is 2.22. The molecule has 3 rings (SSSR count). The average molecular weight is 424 g/mol. The van der Waals surface area contributed by atoms with Crippen LogP contribution in [0.3, 0.4) is 0 Å². The molecule has 0 spiro atoms. The molecule has 0 unspecified atom stereocenters. The number of carbonyl (C=O) groups is 2. The summed E-state index contributed by atoms with van der Waals surface area (Å²) < 4.78 is 11.4. The van der Waals surface area contributed by atoms with Gasteiger partial charge in [0.1, 0.15) is 5.82 Å². The van der Waals surface area contributed by atoms with Gasteiger partial charge in [0.2, 0.25) is 11.8 Å². The number of amides is 2. The highest BCUT2D eigenvalue weighted by molar-refractivity contribution is 5.94. The molecule has 164 valence electrons. The highest BCUT2D eigenvalue weighted by atomic mass is 16.5. The molecule has 1 aromatic carbocycles. The minimum absolute atomic E-state index is 0.0195. The monoisotopic (exact) mass is 423 g/mol. The molecular formula is C24H29N3O4. The first kappa shape index (κ1) is 22.3. The lowest BCUT2D eigenvalue weighted by atomic mass is 10.0. The Morgan fingerprint density at radius 3 is 2.90 bits per heavy atom. The van der Waals surface area contributed by atoms with Crippen molar-refractivity contribution < 1.29 is 19.1 Å². The van der Waals surface area contributed by atoms with Crippen molar-refractivity contribution in [3.05, 3.63) is 53.2 Å². The summed E-state index contributed by atoms with van der Waals surface area (Å²) in [5.41, 5.74) is 2.69. The summed E-state index contributed by atoms with van der Waals surface area (Å²) in [5.74, 6) is 1.77. The Kier molecular flexibility index (Phi) is 7.28. The number of likely N-dealkylation sites (N-methyl/N-ethyl adjacent to an activating group) is 1. The molecular weight excluding hydrogens is 394 g/mol. The van der Waals surface area contributed by atoms with Crippen LogP contribution in [0.5, 0.6) is 11.5 Å². The molecule has 0 bridgehead atoms. The topological polar surface area (TPSA) is 80.8 Å². The number of nitrogens with one attached hydrogen (secondary N) is 1. The van der Waals surface area contributed by atoms with Gasteiger partial charge in [-0.25, -0.2) is 4.98 Å². The first-order valence-corrected chi connectivity index (χ1v) is 10.5. The van der Waals surface area contributed by atoms with Crippen LogP contribution in [-0.4, -0.2) is 42.5 Å². The molecule has 7 nitrogen and oxygen atoms in total. The maximum atomic E-state index is 12.8. The van der Waals surface area contributed by atoms with Crippen LogP contribution in [-0.2, 0) is 16.0 Å². The Labute approximate surface area is 183 Å². The second-order valence-electron chi connectivity index (χ2n) is 7.51. The number of fused-ring (bicyclic) bond motifs is 1. The van der Waals surface area contributed by atoms with Gasteiger partial charge in [0, 0.05) is 31.3 Å². The van der Waals surface area contributed by atoms with Gasteiger partial charge in [-0.1, -0.05) is 19.1 Å². The molecule has 2 heterocycles. The fourth-order valence-corrected chi connectivity index (χ4v) is 3.43. The number of methoxy groups -OCH3 is 1. The van der Waals surface area contributed by atoms with Gasteiger partial charge < -0.3 is 19.7 Å². The van der Waals surface area contributed by atoms with Crippen molar-refractivity contribution >= 4 is 23.7 Å². The zero-order chi connectivity index (χ0) is 22.4. The molecule has 1 aliphatic rings. The van der Waals surface area contributed by atoms with Crippen LogP contribution in [0.15, 0.2) is 36.5 Å². The number of pyridine rings is 1. The van der Waals surface area contributed by atoms with Crippen molar-refractivity contribution in [2.45, 2.75) is 39.2 Å². The zero-order valence-corrected chi connectivity index (χ0v) is 18.5. The third-order valence-electron chi connectivity index (χ3n) is 5.34. The van der Waals surface area contributed by atoms with Crippen molar-refractivity contribution in [3.63, 3.8) is 0 Å². The van der Waals surface area contributed by atoms with E-state index in [-0.39, 0.29) is 17.9 Å². The normalized spacial score (nSPS) is 14.0. The van der Waals surface area contributed by atoms with E-state index in [0.717, 1.165) is 23.1 Å². The Hall–Kier alpha value is -3.35. The van der Waals surface area contributed by atoms with Gasteiger partial charge in [0.05, 0.1) is 19.8 Å². The van der Waals surface area contributed by atoms with Crippen LogP contribution in [0.2, 0.25) is 0 Å². The summed E-state index contributed by atoms with van der Waals surface area (Å²) in [7, 11) is 3.37. The third kappa shape index (κ3) is 5.23. The van der Waals surface area contributed by atoms with Crippen molar-refractivity contribution in [2.24, 2.45) is 0 Å². The predicted molar refractivity (Wildman–Crippen MR) is 120 cm³/mol. The van der Waals surface area contributed by atoms with Crippen LogP contribution < -0.4 is 14.8 Å². The number of ether oxygens (including phenoxy) is 2. The molecule has 1 atom stereocenters. The summed E-state index contributed by atoms with van der Waals surface area (Å²) in [6, 6.07) is 7.45. The quantitative estimate of drug-likeness (QED) is 0.649. The number of rotatable bonds is 8. The van der Waals surface area contributed by atoms with Gasteiger partial charge in [-0.3, -0.25) is 9.59 Å². The summed E-state index contributed by atoms with van der Waals surface area (Å²) in [6.07, 6.45) is 6.91. The summed E-state index contributed by atoms with van der Waals surface area (Å²) in [6.45, 7) is 4.58. The lowest BCUT2D eigenvalue weighted by molar-refractivity contribution is -0.126. The molecule has 31 heavy (non-hydrogen) atoms. The minimum atomic E-state index is -0.212. The molecule has 0 radical (unpaired) electrons.